The molecular weight excluding hydrogens is 207 g/mol. The Balaban J connectivity index is 2.38. The van der Waals surface area contributed by atoms with E-state index >= 15 is 0 Å². The highest BCUT2D eigenvalue weighted by Crippen LogP contribution is 2.28. The maximum atomic E-state index is 6.39. The lowest BCUT2D eigenvalue weighted by Gasteiger charge is -2.30. The van der Waals surface area contributed by atoms with Gasteiger partial charge in [-0.2, -0.15) is 0 Å². The third kappa shape index (κ3) is 2.60. The summed E-state index contributed by atoms with van der Waals surface area (Å²) in [6, 6.07) is 10.00. The molecule has 1 N–H and O–H groups in total. The van der Waals surface area contributed by atoms with Gasteiger partial charge in [0.25, 0.3) is 0 Å². The fraction of sp³-hybridized carbons (Fsp3) is 0.357. The molecule has 1 aromatic rings. The zero-order valence-electron chi connectivity index (χ0n) is 10.4. The minimum Gasteiger partial charge on any atom is -0.348 e. The highest BCUT2D eigenvalue weighted by atomic mass is 15.0. The zero-order chi connectivity index (χ0) is 12.3. The van der Waals surface area contributed by atoms with Crippen molar-refractivity contribution in [3.8, 4) is 0 Å². The van der Waals surface area contributed by atoms with Crippen LogP contribution in [0.3, 0.4) is 0 Å². The monoisotopic (exact) mass is 224 g/mol. The van der Waals surface area contributed by atoms with Crippen LogP contribution in [0.4, 0.5) is 0 Å². The Morgan fingerprint density at radius 3 is 2.65 bits per heavy atom. The first kappa shape index (κ1) is 12.0. The van der Waals surface area contributed by atoms with Gasteiger partial charge in [-0.05, 0) is 25.0 Å². The van der Waals surface area contributed by atoms with Crippen LogP contribution in [0, 0.1) is 0 Å². The molecule has 0 fully saturated rings. The van der Waals surface area contributed by atoms with E-state index in [4.69, 9.17) is 7.85 Å². The molecule has 1 aliphatic heterocycles. The van der Waals surface area contributed by atoms with E-state index in [1.165, 1.54) is 0 Å². The second kappa shape index (κ2) is 4.78. The van der Waals surface area contributed by atoms with Gasteiger partial charge in [0.15, 0.2) is 0 Å². The Hall–Kier alpha value is -1.51. The minimum atomic E-state index is -0.721. The third-order valence-corrected chi connectivity index (χ3v) is 2.84. The van der Waals surface area contributed by atoms with Gasteiger partial charge in [-0.25, -0.2) is 0 Å². The number of hydrogen-bond acceptors (Lipinski definition) is 2. The molecule has 0 aromatic heterocycles. The van der Waals surface area contributed by atoms with Crippen molar-refractivity contribution < 1.29 is 0 Å². The summed E-state index contributed by atoms with van der Waals surface area (Å²) < 4.78 is 0. The van der Waals surface area contributed by atoms with E-state index < -0.39 is 5.44 Å². The van der Waals surface area contributed by atoms with Crippen LogP contribution in [0.2, 0.25) is 0 Å². The lowest BCUT2D eigenvalue weighted by atomic mass is 9.71. The van der Waals surface area contributed by atoms with Gasteiger partial charge in [-0.3, -0.25) is 4.99 Å². The average Bonchev–Trinajstić information content (AvgIpc) is 2.29. The molecule has 2 nitrogen and oxygen atoms in total. The summed E-state index contributed by atoms with van der Waals surface area (Å²) >= 11 is 0. The SMILES string of the molecule is [B]C1(c2ccccc2)C=C(CCC)NC(C)=N1. The largest absolute Gasteiger partial charge is 0.348 e. The Morgan fingerprint density at radius 2 is 2.00 bits per heavy atom. The van der Waals surface area contributed by atoms with Crippen LogP contribution in [0.5, 0.6) is 0 Å². The van der Waals surface area contributed by atoms with Crippen LogP contribution in [0.1, 0.15) is 32.3 Å². The maximum Gasteiger partial charge on any atom is 0.119 e. The Labute approximate surface area is 104 Å². The van der Waals surface area contributed by atoms with Crippen LogP contribution >= 0.6 is 0 Å². The van der Waals surface area contributed by atoms with Crippen molar-refractivity contribution >= 4 is 13.7 Å². The lowest BCUT2D eigenvalue weighted by Crippen LogP contribution is -2.34. The number of rotatable bonds is 3. The second-order valence-corrected chi connectivity index (χ2v) is 4.43. The van der Waals surface area contributed by atoms with Crippen LogP contribution in [0.25, 0.3) is 0 Å². The summed E-state index contributed by atoms with van der Waals surface area (Å²) in [6.45, 7) is 4.11. The number of nitrogens with zero attached hydrogens (tertiary/aromatic N) is 1. The van der Waals surface area contributed by atoms with Crippen LogP contribution in [-0.2, 0) is 5.44 Å². The van der Waals surface area contributed by atoms with Gasteiger partial charge in [-0.15, -0.1) is 0 Å². The topological polar surface area (TPSA) is 24.4 Å². The summed E-state index contributed by atoms with van der Waals surface area (Å²) in [5, 5.41) is 3.27. The molecule has 2 rings (SSSR count). The molecule has 1 heterocycles. The van der Waals surface area contributed by atoms with Crippen molar-refractivity contribution in [1.29, 1.82) is 0 Å². The summed E-state index contributed by atoms with van der Waals surface area (Å²) in [7, 11) is 6.39. The van der Waals surface area contributed by atoms with Crippen molar-refractivity contribution in [2.45, 2.75) is 32.1 Å². The highest BCUT2D eigenvalue weighted by Gasteiger charge is 2.26. The van der Waals surface area contributed by atoms with E-state index in [1.807, 2.05) is 43.3 Å². The van der Waals surface area contributed by atoms with Crippen molar-refractivity contribution in [3.63, 3.8) is 0 Å². The van der Waals surface area contributed by atoms with Crippen molar-refractivity contribution in [1.82, 2.24) is 5.32 Å². The predicted octanol–water partition coefficient (Wildman–Crippen LogP) is 2.71. The molecule has 3 heteroatoms. The normalized spacial score (nSPS) is 23.6. The average molecular weight is 224 g/mol. The van der Waals surface area contributed by atoms with Crippen molar-refractivity contribution in [3.05, 3.63) is 47.7 Å². The number of benzene rings is 1. The van der Waals surface area contributed by atoms with Gasteiger partial charge in [0, 0.05) is 5.70 Å². The number of hydrogen-bond donors (Lipinski definition) is 1. The molecule has 1 aliphatic rings. The molecule has 0 amide bonds. The van der Waals surface area contributed by atoms with Crippen LogP contribution in [-0.4, -0.2) is 13.7 Å². The molecule has 1 aromatic carbocycles. The summed E-state index contributed by atoms with van der Waals surface area (Å²) in [4.78, 5) is 4.52. The molecule has 2 radical (unpaired) electrons. The summed E-state index contributed by atoms with van der Waals surface area (Å²) in [5.41, 5.74) is 1.46. The van der Waals surface area contributed by atoms with Gasteiger partial charge < -0.3 is 5.32 Å². The molecule has 0 aliphatic carbocycles. The fourth-order valence-electron chi connectivity index (χ4n) is 2.13. The highest BCUT2D eigenvalue weighted by molar-refractivity contribution is 6.18. The van der Waals surface area contributed by atoms with E-state index in [2.05, 4.69) is 17.2 Å². The van der Waals surface area contributed by atoms with E-state index in [-0.39, 0.29) is 0 Å². The smallest absolute Gasteiger partial charge is 0.119 e. The first-order valence-electron chi connectivity index (χ1n) is 6.03. The van der Waals surface area contributed by atoms with Gasteiger partial charge in [-0.1, -0.05) is 43.7 Å². The molecule has 17 heavy (non-hydrogen) atoms. The van der Waals surface area contributed by atoms with Gasteiger partial charge >= 0.3 is 0 Å². The summed E-state index contributed by atoms with van der Waals surface area (Å²) in [6.07, 6.45) is 4.12. The maximum absolute atomic E-state index is 6.39. The van der Waals surface area contributed by atoms with E-state index in [9.17, 15) is 0 Å². The molecule has 1 atom stereocenters. The summed E-state index contributed by atoms with van der Waals surface area (Å²) in [5.74, 6) is 0.877. The van der Waals surface area contributed by atoms with Gasteiger partial charge in [0.05, 0.1) is 11.3 Å². The fourth-order valence-corrected chi connectivity index (χ4v) is 2.13. The van der Waals surface area contributed by atoms with E-state index in [0.29, 0.717) is 0 Å². The van der Waals surface area contributed by atoms with E-state index in [1.54, 1.807) is 0 Å². The Morgan fingerprint density at radius 1 is 1.29 bits per heavy atom. The Bertz CT molecular complexity index is 451. The number of allylic oxidation sites excluding steroid dienone is 1. The molecule has 0 spiro atoms. The first-order valence-corrected chi connectivity index (χ1v) is 6.03. The number of aliphatic imine (C=N–C) groups is 1. The van der Waals surface area contributed by atoms with Crippen LogP contribution < -0.4 is 5.32 Å². The molecule has 0 saturated heterocycles. The van der Waals surface area contributed by atoms with Gasteiger partial charge in [0.1, 0.15) is 7.85 Å². The van der Waals surface area contributed by atoms with E-state index in [0.717, 1.165) is 29.9 Å². The van der Waals surface area contributed by atoms with Crippen LogP contribution in [0.15, 0.2) is 47.1 Å². The quantitative estimate of drug-likeness (QED) is 0.784. The van der Waals surface area contributed by atoms with Crippen molar-refractivity contribution in [2.75, 3.05) is 0 Å². The van der Waals surface area contributed by atoms with Crippen molar-refractivity contribution in [2.24, 2.45) is 4.99 Å². The predicted molar refractivity (Wildman–Crippen MR) is 73.1 cm³/mol. The third-order valence-electron chi connectivity index (χ3n) is 2.84. The standard InChI is InChI=1S/C14H17BN2/c1-3-7-13-10-14(15,17-11(2)16-13)12-8-5-4-6-9-12/h4-6,8-10H,3,7H2,1-2H3,(H,16,17). The molecule has 0 bridgehead atoms. The molecule has 86 valence electrons. The molecular formula is C14H17BN2. The lowest BCUT2D eigenvalue weighted by molar-refractivity contribution is 0.728. The number of nitrogens with one attached hydrogen (secondary N) is 1. The number of amidine groups is 1. The first-order chi connectivity index (χ1) is 8.14. The second-order valence-electron chi connectivity index (χ2n) is 4.43. The molecule has 1 unspecified atom stereocenters. The minimum absolute atomic E-state index is 0.721. The Kier molecular flexibility index (Phi) is 3.37. The van der Waals surface area contributed by atoms with Gasteiger partial charge in [0.2, 0.25) is 0 Å². The molecule has 0 saturated carbocycles. The zero-order valence-corrected chi connectivity index (χ0v) is 10.4.